The van der Waals surface area contributed by atoms with Gasteiger partial charge in [0.1, 0.15) is 5.71 Å². The topological polar surface area (TPSA) is 69.9 Å². The highest BCUT2D eigenvalue weighted by Gasteiger charge is 2.37. The first kappa shape index (κ1) is 22.1. The maximum atomic E-state index is 10.9. The standard InChI is InChI=1S/C28H31NO3/c1-27(2)13-14-28(3,4)24-17-22(10-11-23(24)27)26(29-32)21-9-8-19-15-18(6-12-25(30)31)5-7-20(19)16-21/h5,7-11,15-17,32H,6,12-14H2,1-4H3,(H,30,31). The molecule has 166 valence electrons. The molecule has 4 nitrogen and oxygen atoms in total. The molecule has 4 heteroatoms. The van der Waals surface area contributed by atoms with Gasteiger partial charge in [0.05, 0.1) is 0 Å². The molecule has 0 radical (unpaired) electrons. The molecule has 4 rings (SSSR count). The Hall–Kier alpha value is -3.14. The molecular weight excluding hydrogens is 398 g/mol. The minimum Gasteiger partial charge on any atom is -0.481 e. The van der Waals surface area contributed by atoms with E-state index in [1.807, 2.05) is 36.4 Å². The Morgan fingerprint density at radius 1 is 0.844 bits per heavy atom. The summed E-state index contributed by atoms with van der Waals surface area (Å²) >= 11 is 0. The van der Waals surface area contributed by atoms with E-state index in [-0.39, 0.29) is 17.3 Å². The van der Waals surface area contributed by atoms with E-state index in [1.165, 1.54) is 11.1 Å². The van der Waals surface area contributed by atoms with E-state index in [0.29, 0.717) is 12.1 Å². The fraction of sp³-hybridized carbons (Fsp3) is 0.357. The van der Waals surface area contributed by atoms with Crippen LogP contribution in [0.1, 0.15) is 74.8 Å². The molecule has 0 fully saturated rings. The second kappa shape index (κ2) is 8.09. The Labute approximate surface area is 189 Å². The van der Waals surface area contributed by atoms with E-state index in [9.17, 15) is 10.0 Å². The van der Waals surface area contributed by atoms with Crippen LogP contribution >= 0.6 is 0 Å². The van der Waals surface area contributed by atoms with Gasteiger partial charge in [-0.2, -0.15) is 0 Å². The summed E-state index contributed by atoms with van der Waals surface area (Å²) in [4.78, 5) is 10.9. The molecule has 1 aliphatic rings. The van der Waals surface area contributed by atoms with Gasteiger partial charge in [0.15, 0.2) is 0 Å². The Balaban J connectivity index is 1.71. The van der Waals surface area contributed by atoms with Gasteiger partial charge in [-0.25, -0.2) is 0 Å². The van der Waals surface area contributed by atoms with Crippen molar-refractivity contribution in [3.8, 4) is 0 Å². The summed E-state index contributed by atoms with van der Waals surface area (Å²) in [7, 11) is 0. The molecule has 0 spiro atoms. The lowest BCUT2D eigenvalue weighted by Crippen LogP contribution is -2.34. The Kier molecular flexibility index (Phi) is 5.58. The maximum absolute atomic E-state index is 10.9. The number of carboxylic acid groups (broad SMARTS) is 1. The molecule has 1 aliphatic carbocycles. The van der Waals surface area contributed by atoms with Crippen LogP contribution in [0.25, 0.3) is 10.8 Å². The molecule has 0 amide bonds. The van der Waals surface area contributed by atoms with Gasteiger partial charge in [0.2, 0.25) is 0 Å². The molecule has 0 saturated carbocycles. The lowest BCUT2D eigenvalue weighted by Gasteiger charge is -2.42. The highest BCUT2D eigenvalue weighted by atomic mass is 16.4. The molecule has 32 heavy (non-hydrogen) atoms. The van der Waals surface area contributed by atoms with E-state index in [1.54, 1.807) is 0 Å². The number of hydrogen-bond donors (Lipinski definition) is 2. The molecule has 0 heterocycles. The minimum atomic E-state index is -0.791. The van der Waals surface area contributed by atoms with E-state index >= 15 is 0 Å². The second-order valence-electron chi connectivity index (χ2n) is 10.3. The number of carboxylic acids is 1. The third-order valence-electron chi connectivity index (χ3n) is 7.03. The average Bonchev–Trinajstić information content (AvgIpc) is 2.76. The van der Waals surface area contributed by atoms with Crippen LogP contribution in [0.4, 0.5) is 0 Å². The van der Waals surface area contributed by atoms with Gasteiger partial charge in [-0.3, -0.25) is 4.79 Å². The fourth-order valence-electron chi connectivity index (χ4n) is 4.87. The van der Waals surface area contributed by atoms with Crippen molar-refractivity contribution in [1.29, 1.82) is 0 Å². The van der Waals surface area contributed by atoms with Crippen LogP contribution in [0.5, 0.6) is 0 Å². The first-order chi connectivity index (χ1) is 15.1. The summed E-state index contributed by atoms with van der Waals surface area (Å²) in [5.74, 6) is -0.791. The van der Waals surface area contributed by atoms with E-state index in [2.05, 4.69) is 51.0 Å². The number of aliphatic carboxylic acids is 1. The smallest absolute Gasteiger partial charge is 0.303 e. The minimum absolute atomic E-state index is 0.0805. The SMILES string of the molecule is CC1(C)CCC(C)(C)c2cc(C(=NO)c3ccc4cc(CCC(=O)O)ccc4c3)ccc21. The molecular formula is C28H31NO3. The number of aryl methyl sites for hydroxylation is 1. The predicted molar refractivity (Wildman–Crippen MR) is 129 cm³/mol. The summed E-state index contributed by atoms with van der Waals surface area (Å²) < 4.78 is 0. The van der Waals surface area contributed by atoms with E-state index < -0.39 is 5.97 Å². The zero-order valence-electron chi connectivity index (χ0n) is 19.3. The van der Waals surface area contributed by atoms with Crippen molar-refractivity contribution in [2.45, 2.75) is 64.2 Å². The summed E-state index contributed by atoms with van der Waals surface area (Å²) in [6.07, 6.45) is 2.92. The fourth-order valence-corrected chi connectivity index (χ4v) is 4.87. The predicted octanol–water partition coefficient (Wildman–Crippen LogP) is 6.43. The summed E-state index contributed by atoms with van der Waals surface area (Å²) in [5, 5.41) is 24.6. The molecule has 0 aromatic heterocycles. The first-order valence-corrected chi connectivity index (χ1v) is 11.2. The monoisotopic (exact) mass is 429 g/mol. The van der Waals surface area contributed by atoms with Crippen molar-refractivity contribution >= 4 is 22.5 Å². The lowest BCUT2D eigenvalue weighted by molar-refractivity contribution is -0.136. The van der Waals surface area contributed by atoms with Gasteiger partial charge in [0.25, 0.3) is 0 Å². The number of nitrogens with zero attached hydrogens (tertiary/aromatic N) is 1. The zero-order chi connectivity index (χ0) is 23.1. The Morgan fingerprint density at radius 2 is 1.44 bits per heavy atom. The molecule has 0 saturated heterocycles. The van der Waals surface area contributed by atoms with Crippen LogP contribution in [0.3, 0.4) is 0 Å². The maximum Gasteiger partial charge on any atom is 0.303 e. The van der Waals surface area contributed by atoms with Crippen molar-refractivity contribution in [3.05, 3.63) is 82.4 Å². The normalized spacial score (nSPS) is 17.2. The van der Waals surface area contributed by atoms with Crippen molar-refractivity contribution in [2.75, 3.05) is 0 Å². The van der Waals surface area contributed by atoms with Gasteiger partial charge in [0, 0.05) is 17.5 Å². The third kappa shape index (κ3) is 4.14. The van der Waals surface area contributed by atoms with E-state index in [4.69, 9.17) is 5.11 Å². The van der Waals surface area contributed by atoms with Gasteiger partial charge < -0.3 is 10.3 Å². The largest absolute Gasteiger partial charge is 0.481 e. The zero-order valence-corrected chi connectivity index (χ0v) is 19.3. The molecule has 3 aromatic rings. The average molecular weight is 430 g/mol. The van der Waals surface area contributed by atoms with Crippen molar-refractivity contribution < 1.29 is 15.1 Å². The molecule has 3 aromatic carbocycles. The second-order valence-corrected chi connectivity index (χ2v) is 10.3. The molecule has 0 aliphatic heterocycles. The summed E-state index contributed by atoms with van der Waals surface area (Å²) in [6, 6.07) is 18.5. The highest BCUT2D eigenvalue weighted by molar-refractivity contribution is 6.14. The highest BCUT2D eigenvalue weighted by Crippen LogP contribution is 2.46. The molecule has 0 bridgehead atoms. The lowest BCUT2D eigenvalue weighted by atomic mass is 9.63. The number of rotatable bonds is 5. The van der Waals surface area contributed by atoms with Gasteiger partial charge in [-0.05, 0) is 69.7 Å². The van der Waals surface area contributed by atoms with Gasteiger partial charge >= 0.3 is 5.97 Å². The number of carbonyl (C=O) groups is 1. The summed E-state index contributed by atoms with van der Waals surface area (Å²) in [6.45, 7) is 9.18. The third-order valence-corrected chi connectivity index (χ3v) is 7.03. The van der Waals surface area contributed by atoms with Crippen LogP contribution in [0.15, 0.2) is 59.8 Å². The molecule has 0 unspecified atom stereocenters. The van der Waals surface area contributed by atoms with Gasteiger partial charge in [-0.1, -0.05) is 75.3 Å². The van der Waals surface area contributed by atoms with Crippen molar-refractivity contribution in [1.82, 2.24) is 0 Å². The number of hydrogen-bond acceptors (Lipinski definition) is 3. The van der Waals surface area contributed by atoms with Crippen LogP contribution in [-0.2, 0) is 22.0 Å². The summed E-state index contributed by atoms with van der Waals surface area (Å²) in [5.41, 5.74) is 6.25. The number of oxime groups is 1. The van der Waals surface area contributed by atoms with Crippen LogP contribution in [0.2, 0.25) is 0 Å². The molecule has 2 N–H and O–H groups in total. The van der Waals surface area contributed by atoms with Gasteiger partial charge in [-0.15, -0.1) is 0 Å². The number of fused-ring (bicyclic) bond motifs is 2. The quantitative estimate of drug-likeness (QED) is 0.279. The Morgan fingerprint density at radius 3 is 2.12 bits per heavy atom. The van der Waals surface area contributed by atoms with Crippen LogP contribution < -0.4 is 0 Å². The van der Waals surface area contributed by atoms with Crippen molar-refractivity contribution in [2.24, 2.45) is 5.16 Å². The van der Waals surface area contributed by atoms with Crippen LogP contribution in [0, 0.1) is 0 Å². The van der Waals surface area contributed by atoms with Crippen molar-refractivity contribution in [3.63, 3.8) is 0 Å². The first-order valence-electron chi connectivity index (χ1n) is 11.2. The molecule has 0 atom stereocenters. The number of benzene rings is 3. The van der Waals surface area contributed by atoms with E-state index in [0.717, 1.165) is 40.3 Å². The van der Waals surface area contributed by atoms with Crippen LogP contribution in [-0.4, -0.2) is 22.0 Å². The Bertz CT molecular complexity index is 1220.